The molecule has 8 aromatic carbocycles. The minimum Gasteiger partial charge on any atom is -0.507 e. The summed E-state index contributed by atoms with van der Waals surface area (Å²) in [5.41, 5.74) is 1.86. The lowest BCUT2D eigenvalue weighted by molar-refractivity contribution is 0.477. The van der Waals surface area contributed by atoms with Gasteiger partial charge in [-0.25, -0.2) is 15.0 Å². The molecule has 9 rings (SSSR count). The van der Waals surface area contributed by atoms with Gasteiger partial charge >= 0.3 is 0 Å². The number of phenols is 2. The van der Waals surface area contributed by atoms with E-state index >= 15 is 0 Å². The molecule has 0 aliphatic heterocycles. The van der Waals surface area contributed by atoms with Crippen LogP contribution in [0.3, 0.4) is 0 Å². The Bertz CT molecular complexity index is 2420. The summed E-state index contributed by atoms with van der Waals surface area (Å²) in [6, 6.07) is 42.0. The van der Waals surface area contributed by atoms with E-state index in [0.717, 1.165) is 37.9 Å². The van der Waals surface area contributed by atoms with E-state index in [1.54, 1.807) is 12.1 Å². The third-order valence-electron chi connectivity index (χ3n) is 8.62. The summed E-state index contributed by atoms with van der Waals surface area (Å²) in [6.45, 7) is 0. The number of hydrogen-bond donors (Lipinski definition) is 2. The van der Waals surface area contributed by atoms with Crippen molar-refractivity contribution in [3.8, 4) is 45.7 Å². The number of fused-ring (bicyclic) bond motifs is 2. The monoisotopic (exact) mass is 565 g/mol. The molecule has 0 saturated heterocycles. The lowest BCUT2D eigenvalue weighted by Crippen LogP contribution is -2.01. The molecule has 1 aromatic heterocycles. The van der Waals surface area contributed by atoms with Gasteiger partial charge in [-0.1, -0.05) is 103 Å². The SMILES string of the molecule is Oc1ccc2ccccc2c1-c1nc(-c2cc3ccc4cccc5ccc(c2)c3c45)nc(-c2c(O)ccc3ccccc23)n1. The van der Waals surface area contributed by atoms with Crippen molar-refractivity contribution in [2.24, 2.45) is 0 Å². The maximum Gasteiger partial charge on any atom is 0.168 e. The van der Waals surface area contributed by atoms with Crippen LogP contribution in [-0.2, 0) is 0 Å². The predicted molar refractivity (Wildman–Crippen MR) is 178 cm³/mol. The van der Waals surface area contributed by atoms with Crippen LogP contribution in [-0.4, -0.2) is 25.2 Å². The number of aromatic hydroxyl groups is 2. The first-order chi connectivity index (χ1) is 21.6. The van der Waals surface area contributed by atoms with Crippen LogP contribution in [0.5, 0.6) is 11.5 Å². The molecule has 0 radical (unpaired) electrons. The Morgan fingerprint density at radius 2 is 0.773 bits per heavy atom. The molecule has 44 heavy (non-hydrogen) atoms. The van der Waals surface area contributed by atoms with Gasteiger partial charge in [-0.05, 0) is 78.1 Å². The number of phenolic OH excluding ortho intramolecular Hbond substituents is 2. The molecule has 0 aliphatic carbocycles. The fourth-order valence-corrected chi connectivity index (χ4v) is 6.60. The van der Waals surface area contributed by atoms with Gasteiger partial charge in [-0.2, -0.15) is 0 Å². The molecule has 206 valence electrons. The van der Waals surface area contributed by atoms with Crippen molar-refractivity contribution in [2.75, 3.05) is 0 Å². The Balaban J connectivity index is 1.37. The number of hydrogen-bond acceptors (Lipinski definition) is 5. The van der Waals surface area contributed by atoms with Crippen LogP contribution in [0, 0.1) is 0 Å². The Morgan fingerprint density at radius 1 is 0.364 bits per heavy atom. The summed E-state index contributed by atoms with van der Waals surface area (Å²) < 4.78 is 0. The molecule has 5 heteroatoms. The van der Waals surface area contributed by atoms with E-state index in [1.165, 1.54) is 21.5 Å². The number of rotatable bonds is 3. The van der Waals surface area contributed by atoms with Gasteiger partial charge in [-0.3, -0.25) is 0 Å². The normalized spacial score (nSPS) is 11.8. The van der Waals surface area contributed by atoms with E-state index in [0.29, 0.717) is 28.6 Å². The minimum absolute atomic E-state index is 0.0736. The van der Waals surface area contributed by atoms with Crippen LogP contribution in [0.4, 0.5) is 0 Å². The Kier molecular flexibility index (Phi) is 5.14. The molecule has 9 aromatic rings. The van der Waals surface area contributed by atoms with Gasteiger partial charge in [0, 0.05) is 5.56 Å². The summed E-state index contributed by atoms with van der Waals surface area (Å²) in [7, 11) is 0. The van der Waals surface area contributed by atoms with E-state index in [-0.39, 0.29) is 11.5 Å². The summed E-state index contributed by atoms with van der Waals surface area (Å²) >= 11 is 0. The zero-order valence-corrected chi connectivity index (χ0v) is 23.4. The van der Waals surface area contributed by atoms with Gasteiger partial charge < -0.3 is 10.2 Å². The van der Waals surface area contributed by atoms with E-state index in [4.69, 9.17) is 15.0 Å². The fraction of sp³-hybridized carbons (Fsp3) is 0. The molecule has 0 aliphatic rings. The molecule has 0 unspecified atom stereocenters. The standard InChI is InChI=1S/C39H23N3O2/c43-31-18-16-22-6-1-3-10-29(22)35(31)38-40-37(41-39(42-38)36-30-11-4-2-7-23(30)17-19-32(36)44)28-20-26-14-12-24-8-5-9-25-13-15-27(21-28)34(26)33(24)25/h1-21,43-44H. The van der Waals surface area contributed by atoms with Gasteiger partial charge in [0.25, 0.3) is 0 Å². The highest BCUT2D eigenvalue weighted by Gasteiger charge is 2.21. The molecular weight excluding hydrogens is 542 g/mol. The van der Waals surface area contributed by atoms with Crippen LogP contribution in [0.1, 0.15) is 0 Å². The van der Waals surface area contributed by atoms with Crippen molar-refractivity contribution in [2.45, 2.75) is 0 Å². The summed E-state index contributed by atoms with van der Waals surface area (Å²) in [5.74, 6) is 1.26. The molecular formula is C39H23N3O2. The Hall–Kier alpha value is -6.07. The van der Waals surface area contributed by atoms with Crippen LogP contribution >= 0.6 is 0 Å². The third kappa shape index (κ3) is 3.63. The van der Waals surface area contributed by atoms with Crippen LogP contribution < -0.4 is 0 Å². The maximum atomic E-state index is 11.2. The molecule has 2 N–H and O–H groups in total. The van der Waals surface area contributed by atoms with Gasteiger partial charge in [0.15, 0.2) is 17.5 Å². The van der Waals surface area contributed by atoms with E-state index < -0.39 is 0 Å². The molecule has 0 spiro atoms. The van der Waals surface area contributed by atoms with Gasteiger partial charge in [0.1, 0.15) is 11.5 Å². The zero-order valence-electron chi connectivity index (χ0n) is 23.4. The van der Waals surface area contributed by atoms with Crippen molar-refractivity contribution in [3.05, 3.63) is 127 Å². The first kappa shape index (κ1) is 24.5. The van der Waals surface area contributed by atoms with Gasteiger partial charge in [0.2, 0.25) is 0 Å². The average Bonchev–Trinajstić information content (AvgIpc) is 3.06. The summed E-state index contributed by atoms with van der Waals surface area (Å²) in [6.07, 6.45) is 0. The highest BCUT2D eigenvalue weighted by Crippen LogP contribution is 2.41. The zero-order chi connectivity index (χ0) is 29.4. The van der Waals surface area contributed by atoms with E-state index in [2.05, 4.69) is 54.6 Å². The molecule has 5 nitrogen and oxygen atoms in total. The quantitative estimate of drug-likeness (QED) is 0.209. The number of benzene rings is 8. The fourth-order valence-electron chi connectivity index (χ4n) is 6.60. The highest BCUT2D eigenvalue weighted by molar-refractivity contribution is 6.23. The predicted octanol–water partition coefficient (Wildman–Crippen LogP) is 9.49. The second-order valence-electron chi connectivity index (χ2n) is 11.2. The minimum atomic E-state index is 0.0736. The second-order valence-corrected chi connectivity index (χ2v) is 11.2. The molecule has 0 fully saturated rings. The number of aromatic nitrogens is 3. The topological polar surface area (TPSA) is 79.1 Å². The molecule has 0 amide bonds. The lowest BCUT2D eigenvalue weighted by atomic mass is 9.93. The number of nitrogens with zero attached hydrogens (tertiary/aromatic N) is 3. The van der Waals surface area contributed by atoms with Crippen LogP contribution in [0.2, 0.25) is 0 Å². The highest BCUT2D eigenvalue weighted by atomic mass is 16.3. The third-order valence-corrected chi connectivity index (χ3v) is 8.62. The molecule has 0 saturated carbocycles. The van der Waals surface area contributed by atoms with Crippen LogP contribution in [0.25, 0.3) is 88.0 Å². The van der Waals surface area contributed by atoms with Crippen molar-refractivity contribution in [1.29, 1.82) is 0 Å². The van der Waals surface area contributed by atoms with E-state index in [9.17, 15) is 10.2 Å². The van der Waals surface area contributed by atoms with Crippen molar-refractivity contribution >= 4 is 53.9 Å². The first-order valence-corrected chi connectivity index (χ1v) is 14.5. The molecule has 0 atom stereocenters. The Morgan fingerprint density at radius 3 is 1.32 bits per heavy atom. The molecule has 1 heterocycles. The molecule has 0 bridgehead atoms. The van der Waals surface area contributed by atoms with Gasteiger partial charge in [0.05, 0.1) is 11.1 Å². The van der Waals surface area contributed by atoms with Crippen molar-refractivity contribution in [1.82, 2.24) is 15.0 Å². The summed E-state index contributed by atoms with van der Waals surface area (Å²) in [4.78, 5) is 14.9. The van der Waals surface area contributed by atoms with Gasteiger partial charge in [-0.15, -0.1) is 0 Å². The second kappa shape index (κ2) is 9.21. The average molecular weight is 566 g/mol. The largest absolute Gasteiger partial charge is 0.507 e. The maximum absolute atomic E-state index is 11.2. The Labute approximate surface area is 251 Å². The van der Waals surface area contributed by atoms with Crippen molar-refractivity contribution < 1.29 is 10.2 Å². The lowest BCUT2D eigenvalue weighted by Gasteiger charge is -2.15. The van der Waals surface area contributed by atoms with E-state index in [1.807, 2.05) is 60.7 Å². The first-order valence-electron chi connectivity index (χ1n) is 14.5. The smallest absolute Gasteiger partial charge is 0.168 e. The van der Waals surface area contributed by atoms with Crippen molar-refractivity contribution in [3.63, 3.8) is 0 Å². The van der Waals surface area contributed by atoms with Crippen LogP contribution in [0.15, 0.2) is 127 Å². The summed E-state index contributed by atoms with van der Waals surface area (Å²) in [5, 5.41) is 33.0.